The molecule has 1 aromatic heterocycles. The SMILES string of the molecule is CCCC(=S)CCc1cccs1. The van der Waals surface area contributed by atoms with Gasteiger partial charge in [0.1, 0.15) is 0 Å². The van der Waals surface area contributed by atoms with Gasteiger partial charge in [0.05, 0.1) is 0 Å². The van der Waals surface area contributed by atoms with Crippen LogP contribution in [0.1, 0.15) is 31.1 Å². The summed E-state index contributed by atoms with van der Waals surface area (Å²) in [6, 6.07) is 4.28. The van der Waals surface area contributed by atoms with Gasteiger partial charge in [-0.2, -0.15) is 0 Å². The standard InChI is InChI=1S/C10H14S2/c1-2-4-9(11)6-7-10-5-3-8-12-10/h3,5,8H,2,4,6-7H2,1H3. The lowest BCUT2D eigenvalue weighted by Crippen LogP contribution is -1.95. The van der Waals surface area contributed by atoms with Crippen LogP contribution in [-0.4, -0.2) is 4.86 Å². The summed E-state index contributed by atoms with van der Waals surface area (Å²) in [5.74, 6) is 0. The van der Waals surface area contributed by atoms with Crippen molar-refractivity contribution >= 4 is 28.4 Å². The van der Waals surface area contributed by atoms with Crippen LogP contribution in [0.3, 0.4) is 0 Å². The summed E-state index contributed by atoms with van der Waals surface area (Å²) in [6.45, 7) is 2.18. The molecule has 1 rings (SSSR count). The average Bonchev–Trinajstić information content (AvgIpc) is 2.53. The lowest BCUT2D eigenvalue weighted by Gasteiger charge is -1.99. The molecule has 66 valence electrons. The molecule has 1 heterocycles. The van der Waals surface area contributed by atoms with Crippen molar-refractivity contribution in [2.45, 2.75) is 32.6 Å². The van der Waals surface area contributed by atoms with Crippen LogP contribution in [0.15, 0.2) is 17.5 Å². The Labute approximate surface area is 83.6 Å². The van der Waals surface area contributed by atoms with Gasteiger partial charge in [0, 0.05) is 4.88 Å². The summed E-state index contributed by atoms with van der Waals surface area (Å²) in [4.78, 5) is 2.68. The Morgan fingerprint density at radius 2 is 2.33 bits per heavy atom. The fourth-order valence-corrected chi connectivity index (χ4v) is 2.14. The summed E-state index contributed by atoms with van der Waals surface area (Å²) in [6.07, 6.45) is 4.52. The van der Waals surface area contributed by atoms with Crippen molar-refractivity contribution in [2.75, 3.05) is 0 Å². The van der Waals surface area contributed by atoms with Crippen LogP contribution in [0.5, 0.6) is 0 Å². The molecular formula is C10H14S2. The van der Waals surface area contributed by atoms with E-state index in [2.05, 4.69) is 24.4 Å². The number of aryl methyl sites for hydroxylation is 1. The van der Waals surface area contributed by atoms with Gasteiger partial charge in [-0.05, 0) is 35.6 Å². The maximum Gasteiger partial charge on any atom is 0.00487 e. The highest BCUT2D eigenvalue weighted by atomic mass is 32.1. The second-order valence-electron chi connectivity index (χ2n) is 2.87. The minimum Gasteiger partial charge on any atom is -0.149 e. The predicted molar refractivity (Wildman–Crippen MR) is 60.1 cm³/mol. The Balaban J connectivity index is 2.22. The molecule has 0 atom stereocenters. The van der Waals surface area contributed by atoms with Crippen LogP contribution in [0, 0.1) is 0 Å². The molecule has 0 aromatic carbocycles. The quantitative estimate of drug-likeness (QED) is 0.648. The Bertz CT molecular complexity index is 224. The van der Waals surface area contributed by atoms with Gasteiger partial charge >= 0.3 is 0 Å². The highest BCUT2D eigenvalue weighted by molar-refractivity contribution is 7.80. The Morgan fingerprint density at radius 1 is 1.50 bits per heavy atom. The van der Waals surface area contributed by atoms with E-state index in [0.29, 0.717) is 0 Å². The number of hydrogen-bond acceptors (Lipinski definition) is 2. The maximum absolute atomic E-state index is 5.23. The van der Waals surface area contributed by atoms with Gasteiger partial charge in [0.2, 0.25) is 0 Å². The lowest BCUT2D eigenvalue weighted by molar-refractivity contribution is 0.958. The zero-order valence-corrected chi connectivity index (χ0v) is 9.01. The fourth-order valence-electron chi connectivity index (χ4n) is 1.12. The molecule has 0 spiro atoms. The molecule has 0 aliphatic rings. The maximum atomic E-state index is 5.23. The molecule has 1 aromatic rings. The van der Waals surface area contributed by atoms with E-state index < -0.39 is 0 Å². The third-order valence-corrected chi connectivity index (χ3v) is 3.10. The molecular weight excluding hydrogens is 184 g/mol. The van der Waals surface area contributed by atoms with Crippen LogP contribution in [-0.2, 0) is 6.42 Å². The Hall–Kier alpha value is -0.210. The van der Waals surface area contributed by atoms with Gasteiger partial charge < -0.3 is 0 Å². The Morgan fingerprint density at radius 3 is 2.92 bits per heavy atom. The Kier molecular flexibility index (Phi) is 4.48. The van der Waals surface area contributed by atoms with E-state index >= 15 is 0 Å². The van der Waals surface area contributed by atoms with Crippen LogP contribution in [0.2, 0.25) is 0 Å². The number of thiophene rings is 1. The second kappa shape index (κ2) is 5.44. The van der Waals surface area contributed by atoms with Crippen LogP contribution < -0.4 is 0 Å². The van der Waals surface area contributed by atoms with E-state index in [1.807, 2.05) is 11.3 Å². The number of thiocarbonyl (C=S) groups is 1. The number of hydrogen-bond donors (Lipinski definition) is 0. The first-order valence-corrected chi connectivity index (χ1v) is 5.65. The molecule has 0 amide bonds. The van der Waals surface area contributed by atoms with Crippen LogP contribution in [0.25, 0.3) is 0 Å². The summed E-state index contributed by atoms with van der Waals surface area (Å²) in [5.41, 5.74) is 0. The molecule has 0 radical (unpaired) electrons. The molecule has 12 heavy (non-hydrogen) atoms. The van der Waals surface area contributed by atoms with Gasteiger partial charge in [-0.3, -0.25) is 0 Å². The first kappa shape index (κ1) is 9.87. The smallest absolute Gasteiger partial charge is 0.00487 e. The minimum atomic E-state index is 1.09. The highest BCUT2D eigenvalue weighted by Crippen LogP contribution is 2.12. The third-order valence-electron chi connectivity index (χ3n) is 1.76. The molecule has 0 aliphatic heterocycles. The van der Waals surface area contributed by atoms with Crippen molar-refractivity contribution in [3.8, 4) is 0 Å². The van der Waals surface area contributed by atoms with Crippen molar-refractivity contribution in [1.82, 2.24) is 0 Å². The van der Waals surface area contributed by atoms with Crippen molar-refractivity contribution < 1.29 is 0 Å². The van der Waals surface area contributed by atoms with E-state index in [1.54, 1.807) is 0 Å². The van der Waals surface area contributed by atoms with Crippen molar-refractivity contribution in [1.29, 1.82) is 0 Å². The summed E-state index contributed by atoms with van der Waals surface area (Å²) < 4.78 is 0. The molecule has 0 N–H and O–H groups in total. The normalized spacial score (nSPS) is 10.1. The van der Waals surface area contributed by atoms with Gasteiger partial charge in [0.25, 0.3) is 0 Å². The van der Waals surface area contributed by atoms with Crippen LogP contribution >= 0.6 is 23.6 Å². The minimum absolute atomic E-state index is 1.09. The van der Waals surface area contributed by atoms with Gasteiger partial charge in [-0.25, -0.2) is 0 Å². The van der Waals surface area contributed by atoms with Gasteiger partial charge in [-0.15, -0.1) is 11.3 Å². The van der Waals surface area contributed by atoms with Gasteiger partial charge in [0.15, 0.2) is 0 Å². The molecule has 2 heteroatoms. The van der Waals surface area contributed by atoms with Crippen molar-refractivity contribution in [2.24, 2.45) is 0 Å². The highest BCUT2D eigenvalue weighted by Gasteiger charge is 1.97. The van der Waals surface area contributed by atoms with E-state index in [4.69, 9.17) is 12.2 Å². The molecule has 0 aliphatic carbocycles. The van der Waals surface area contributed by atoms with Crippen molar-refractivity contribution in [3.05, 3.63) is 22.4 Å². The second-order valence-corrected chi connectivity index (χ2v) is 4.48. The van der Waals surface area contributed by atoms with Crippen LogP contribution in [0.4, 0.5) is 0 Å². The fraction of sp³-hybridized carbons (Fsp3) is 0.500. The lowest BCUT2D eigenvalue weighted by atomic mass is 10.1. The molecule has 0 saturated heterocycles. The molecule has 0 fully saturated rings. The zero-order chi connectivity index (χ0) is 8.81. The summed E-state index contributed by atoms with van der Waals surface area (Å²) in [7, 11) is 0. The molecule has 0 saturated carbocycles. The monoisotopic (exact) mass is 198 g/mol. The molecule has 0 bridgehead atoms. The molecule has 0 unspecified atom stereocenters. The number of rotatable bonds is 5. The van der Waals surface area contributed by atoms with E-state index in [0.717, 1.165) is 19.3 Å². The first-order valence-electron chi connectivity index (χ1n) is 4.37. The third kappa shape index (κ3) is 3.46. The zero-order valence-electron chi connectivity index (χ0n) is 7.38. The topological polar surface area (TPSA) is 0 Å². The largest absolute Gasteiger partial charge is 0.149 e. The molecule has 0 nitrogen and oxygen atoms in total. The van der Waals surface area contributed by atoms with E-state index in [1.165, 1.54) is 16.2 Å². The van der Waals surface area contributed by atoms with E-state index in [-0.39, 0.29) is 0 Å². The predicted octanol–water partition coefficient (Wildman–Crippen LogP) is 3.85. The average molecular weight is 198 g/mol. The first-order chi connectivity index (χ1) is 5.83. The summed E-state index contributed by atoms with van der Waals surface area (Å²) >= 11 is 7.05. The summed E-state index contributed by atoms with van der Waals surface area (Å²) in [5, 5.41) is 2.12. The van der Waals surface area contributed by atoms with E-state index in [9.17, 15) is 0 Å². The van der Waals surface area contributed by atoms with Gasteiger partial charge in [-0.1, -0.05) is 31.6 Å². The van der Waals surface area contributed by atoms with Crippen molar-refractivity contribution in [3.63, 3.8) is 0 Å².